The predicted molar refractivity (Wildman–Crippen MR) is 164 cm³/mol. The molecule has 1 saturated carbocycles. The van der Waals surface area contributed by atoms with Gasteiger partial charge in [-0.1, -0.05) is 29.8 Å². The number of esters is 1. The summed E-state index contributed by atoms with van der Waals surface area (Å²) >= 11 is 0. The lowest BCUT2D eigenvalue weighted by Gasteiger charge is -2.52. The number of hydrogen-bond acceptors (Lipinski definition) is 8. The quantitative estimate of drug-likeness (QED) is 0.251. The van der Waals surface area contributed by atoms with E-state index in [2.05, 4.69) is 0 Å². The van der Waals surface area contributed by atoms with Crippen LogP contribution in [0.15, 0.2) is 60.7 Å². The maximum atomic E-state index is 15.2. The minimum Gasteiger partial charge on any atom is -0.488 e. The van der Waals surface area contributed by atoms with E-state index < -0.39 is 76.0 Å². The van der Waals surface area contributed by atoms with Gasteiger partial charge in [0, 0.05) is 5.92 Å². The second kappa shape index (κ2) is 11.4. The van der Waals surface area contributed by atoms with Gasteiger partial charge >= 0.3 is 12.1 Å². The van der Waals surface area contributed by atoms with Crippen LogP contribution in [-0.4, -0.2) is 47.8 Å². The number of carbonyl (C=O) groups is 5. The molecule has 2 heterocycles. The first-order valence-electron chi connectivity index (χ1n) is 15.3. The molecule has 3 aromatic rings. The molecular weight excluding hydrogens is 612 g/mol. The van der Waals surface area contributed by atoms with Gasteiger partial charge in [0.1, 0.15) is 29.1 Å². The molecule has 47 heavy (non-hydrogen) atoms. The highest BCUT2D eigenvalue weighted by atomic mass is 19.1. The molecule has 1 spiro atoms. The number of hydrogen-bond donors (Lipinski definition) is 0. The summed E-state index contributed by atoms with van der Waals surface area (Å²) in [6.45, 7) is 8.06. The van der Waals surface area contributed by atoms with E-state index >= 15 is 9.18 Å². The zero-order chi connectivity index (χ0) is 34.0. The molecule has 1 fully saturated rings. The number of aryl methyl sites for hydroxylation is 1. The van der Waals surface area contributed by atoms with E-state index in [-0.39, 0.29) is 35.6 Å². The monoisotopic (exact) mass is 645 g/mol. The summed E-state index contributed by atoms with van der Waals surface area (Å²) in [5, 5.41) is 0. The van der Waals surface area contributed by atoms with Crippen LogP contribution in [0, 0.1) is 30.4 Å². The van der Waals surface area contributed by atoms with Crippen molar-refractivity contribution < 1.29 is 47.0 Å². The summed E-state index contributed by atoms with van der Waals surface area (Å²) in [6.07, 6.45) is -2.69. The second-order valence-corrected chi connectivity index (χ2v) is 13.2. The van der Waals surface area contributed by atoms with Crippen LogP contribution >= 0.6 is 0 Å². The Bertz CT molecular complexity index is 1850. The highest BCUT2D eigenvalue weighted by Gasteiger charge is 2.68. The number of fused-ring (bicyclic) bond motifs is 4. The Morgan fingerprint density at radius 2 is 1.70 bits per heavy atom. The number of halogens is 2. The molecule has 0 N–H and O–H groups in total. The number of ether oxygens (including phenoxy) is 3. The molecule has 0 bridgehead atoms. The van der Waals surface area contributed by atoms with Crippen LogP contribution in [-0.2, 0) is 29.3 Å². The third kappa shape index (κ3) is 5.17. The van der Waals surface area contributed by atoms with E-state index in [1.807, 2.05) is 0 Å². The van der Waals surface area contributed by atoms with Crippen LogP contribution in [0.5, 0.6) is 5.75 Å². The van der Waals surface area contributed by atoms with Crippen LogP contribution in [0.25, 0.3) is 0 Å². The van der Waals surface area contributed by atoms with E-state index in [0.29, 0.717) is 5.56 Å². The third-order valence-corrected chi connectivity index (χ3v) is 9.01. The van der Waals surface area contributed by atoms with Crippen LogP contribution in [0.2, 0.25) is 0 Å². The summed E-state index contributed by atoms with van der Waals surface area (Å²) in [5.74, 6) is -9.26. The molecule has 5 atom stereocenters. The molecule has 0 unspecified atom stereocenters. The van der Waals surface area contributed by atoms with E-state index in [9.17, 15) is 23.6 Å². The van der Waals surface area contributed by atoms with Crippen molar-refractivity contribution in [1.29, 1.82) is 0 Å². The molecule has 1 aliphatic carbocycles. The summed E-state index contributed by atoms with van der Waals surface area (Å²) in [4.78, 5) is 71.4. The number of amides is 2. The number of nitrogens with zero attached hydrogens (tertiary/aromatic N) is 1. The predicted octanol–water partition coefficient (Wildman–Crippen LogP) is 5.99. The first-order chi connectivity index (χ1) is 22.2. The van der Waals surface area contributed by atoms with Crippen molar-refractivity contribution in [3.63, 3.8) is 0 Å². The normalized spacial score (nSPS) is 24.6. The maximum Gasteiger partial charge on any atom is 0.421 e. The third-order valence-electron chi connectivity index (χ3n) is 9.01. The number of carbonyl (C=O) groups excluding carboxylic acids is 5. The zero-order valence-electron chi connectivity index (χ0n) is 26.5. The Morgan fingerprint density at radius 3 is 2.38 bits per heavy atom. The Balaban J connectivity index is 1.67. The minimum atomic E-state index is -1.96. The maximum absolute atomic E-state index is 15.2. The molecule has 11 heteroatoms. The van der Waals surface area contributed by atoms with Gasteiger partial charge in [0.25, 0.3) is 0 Å². The van der Waals surface area contributed by atoms with Crippen LogP contribution in [0.3, 0.4) is 0 Å². The topological polar surface area (TPSA) is 116 Å². The highest BCUT2D eigenvalue weighted by Crippen LogP contribution is 2.62. The standard InChI is InChI=1S/C36H33F2NO8/c1-6-45-32(42)30(41)27-28(19-9-7-8-18(2)14-19)36(17-23-29(40)22-15-20(37)11-13-26(22)46-31(23)27)24-16-21(38)10-12-25(24)39(33(36)43)34(44)47-35(3,4)5/h7-16,23,27-28,31H,6,17H2,1-5H3/t23-,27+,28-,31-,36-/m0/s1. The van der Waals surface area contributed by atoms with E-state index in [1.165, 1.54) is 19.1 Å². The van der Waals surface area contributed by atoms with Crippen molar-refractivity contribution in [3.05, 3.63) is 94.6 Å². The highest BCUT2D eigenvalue weighted by molar-refractivity contribution is 6.35. The zero-order valence-corrected chi connectivity index (χ0v) is 26.5. The fourth-order valence-electron chi connectivity index (χ4n) is 7.34. The van der Waals surface area contributed by atoms with Gasteiger partial charge in [-0.25, -0.2) is 23.3 Å². The van der Waals surface area contributed by atoms with Gasteiger partial charge < -0.3 is 14.2 Å². The molecule has 244 valence electrons. The minimum absolute atomic E-state index is 0.0119. The lowest BCUT2D eigenvalue weighted by atomic mass is 9.51. The van der Waals surface area contributed by atoms with Crippen molar-refractivity contribution in [2.45, 2.75) is 64.1 Å². The van der Waals surface area contributed by atoms with Crippen LogP contribution in [0.1, 0.15) is 67.1 Å². The SMILES string of the molecule is CCOC(=O)C(=O)[C@@H]1[C@H]2Oc3ccc(F)cc3C(=O)[C@@H]2C[C@@]2(C(=O)N(C(=O)OC(C)(C)C)c3ccc(F)cc32)[C@H]1c1cccc(C)c1. The van der Waals surface area contributed by atoms with Crippen molar-refractivity contribution >= 4 is 35.2 Å². The molecule has 0 saturated heterocycles. The Kier molecular flexibility index (Phi) is 7.77. The van der Waals surface area contributed by atoms with E-state index in [1.54, 1.807) is 52.0 Å². The van der Waals surface area contributed by atoms with Crippen molar-refractivity contribution in [1.82, 2.24) is 0 Å². The van der Waals surface area contributed by atoms with Crippen molar-refractivity contribution in [2.75, 3.05) is 11.5 Å². The number of rotatable bonds is 4. The molecule has 3 aromatic carbocycles. The second-order valence-electron chi connectivity index (χ2n) is 13.2. The molecule has 6 rings (SSSR count). The van der Waals surface area contributed by atoms with Crippen molar-refractivity contribution in [3.8, 4) is 5.75 Å². The van der Waals surface area contributed by atoms with Crippen molar-refractivity contribution in [2.24, 2.45) is 11.8 Å². The van der Waals surface area contributed by atoms with Gasteiger partial charge in [-0.15, -0.1) is 0 Å². The Morgan fingerprint density at radius 1 is 1.00 bits per heavy atom. The molecule has 3 aliphatic rings. The average Bonchev–Trinajstić information content (AvgIpc) is 3.23. The summed E-state index contributed by atoms with van der Waals surface area (Å²) < 4.78 is 46.7. The summed E-state index contributed by atoms with van der Waals surface area (Å²) in [6, 6.07) is 13.8. The number of Topliss-reactive ketones (excluding diaryl/α,β-unsaturated/α-hetero) is 2. The van der Waals surface area contributed by atoms with Gasteiger partial charge in [0.15, 0.2) is 5.78 Å². The number of ketones is 2. The molecule has 2 amide bonds. The average molecular weight is 646 g/mol. The van der Waals surface area contributed by atoms with Gasteiger partial charge in [0.05, 0.1) is 35.1 Å². The molecule has 0 radical (unpaired) electrons. The van der Waals surface area contributed by atoms with E-state index in [4.69, 9.17) is 14.2 Å². The Hall–Kier alpha value is -4.93. The molecular formula is C36H33F2NO8. The lowest BCUT2D eigenvalue weighted by Crippen LogP contribution is -2.62. The van der Waals surface area contributed by atoms with E-state index in [0.717, 1.165) is 34.7 Å². The van der Waals surface area contributed by atoms with Gasteiger partial charge in [-0.3, -0.25) is 14.4 Å². The number of benzene rings is 3. The lowest BCUT2D eigenvalue weighted by molar-refractivity contribution is -0.160. The first-order valence-corrected chi connectivity index (χ1v) is 15.3. The number of anilines is 1. The van der Waals surface area contributed by atoms with Gasteiger partial charge in [0.2, 0.25) is 11.7 Å². The number of imide groups is 1. The van der Waals surface area contributed by atoms with Crippen LogP contribution in [0.4, 0.5) is 19.3 Å². The Labute approximate surface area is 269 Å². The fraction of sp³-hybridized carbons (Fsp3) is 0.361. The molecule has 0 aromatic heterocycles. The first kappa shape index (κ1) is 32.0. The molecule has 9 nitrogen and oxygen atoms in total. The van der Waals surface area contributed by atoms with Gasteiger partial charge in [-0.2, -0.15) is 0 Å². The molecule has 2 aliphatic heterocycles. The van der Waals surface area contributed by atoms with Crippen LogP contribution < -0.4 is 9.64 Å². The van der Waals surface area contributed by atoms with Gasteiger partial charge in [-0.05, 0) is 88.6 Å². The summed E-state index contributed by atoms with van der Waals surface area (Å²) in [5.41, 5.74) is -1.87. The largest absolute Gasteiger partial charge is 0.488 e. The fourth-order valence-corrected chi connectivity index (χ4v) is 7.34. The smallest absolute Gasteiger partial charge is 0.421 e. The summed E-state index contributed by atoms with van der Waals surface area (Å²) in [7, 11) is 0.